The number of benzene rings is 2. The molecule has 1 unspecified atom stereocenters. The second kappa shape index (κ2) is 8.90. The fourth-order valence-corrected chi connectivity index (χ4v) is 4.68. The molecule has 10 heteroatoms. The molecule has 1 saturated carbocycles. The second-order valence-electron chi connectivity index (χ2n) is 9.24. The van der Waals surface area contributed by atoms with E-state index in [0.717, 1.165) is 22.3 Å². The third kappa shape index (κ3) is 4.56. The zero-order chi connectivity index (χ0) is 25.4. The largest absolute Gasteiger partial charge is 0.479 e. The van der Waals surface area contributed by atoms with Gasteiger partial charge in [0.2, 0.25) is 11.4 Å². The minimum atomic E-state index is -5.19. The van der Waals surface area contributed by atoms with Crippen LogP contribution in [0, 0.1) is 0 Å². The van der Waals surface area contributed by atoms with Gasteiger partial charge in [-0.05, 0) is 48.4 Å². The number of aliphatic carboxylic acids is 1. The molecule has 7 nitrogen and oxygen atoms in total. The van der Waals surface area contributed by atoms with Gasteiger partial charge in [-0.1, -0.05) is 48.5 Å². The van der Waals surface area contributed by atoms with E-state index in [1.165, 1.54) is 0 Å². The molecule has 1 fully saturated rings. The Bertz CT molecular complexity index is 1120. The number of hydrogen-bond donors (Lipinski definition) is 3. The minimum absolute atomic E-state index is 0.0489. The van der Waals surface area contributed by atoms with Crippen LogP contribution in [0.2, 0.25) is 0 Å². The highest BCUT2D eigenvalue weighted by Crippen LogP contribution is 2.44. The van der Waals surface area contributed by atoms with Gasteiger partial charge < -0.3 is 20.5 Å². The predicted molar refractivity (Wildman–Crippen MR) is 120 cm³/mol. The molecule has 2 aromatic carbocycles. The summed E-state index contributed by atoms with van der Waals surface area (Å²) in [7, 11) is 0. The number of nitrogens with one attached hydrogen (secondary N) is 2. The van der Waals surface area contributed by atoms with Crippen LogP contribution < -0.4 is 10.6 Å². The van der Waals surface area contributed by atoms with E-state index in [9.17, 15) is 27.6 Å². The van der Waals surface area contributed by atoms with Crippen molar-refractivity contribution >= 4 is 18.0 Å². The number of alkyl halides is 3. The van der Waals surface area contributed by atoms with Crippen LogP contribution in [0.1, 0.15) is 49.7 Å². The van der Waals surface area contributed by atoms with E-state index in [2.05, 4.69) is 5.32 Å². The van der Waals surface area contributed by atoms with Gasteiger partial charge in [0.1, 0.15) is 6.61 Å². The van der Waals surface area contributed by atoms with Crippen molar-refractivity contribution in [3.8, 4) is 11.1 Å². The van der Waals surface area contributed by atoms with Crippen molar-refractivity contribution in [1.29, 1.82) is 0 Å². The summed E-state index contributed by atoms with van der Waals surface area (Å²) in [6.45, 7) is 0.437. The molecule has 0 radical (unpaired) electrons. The lowest BCUT2D eigenvalue weighted by Gasteiger charge is -2.42. The first kappa shape index (κ1) is 24.6. The molecule has 0 aliphatic heterocycles. The zero-order valence-electron chi connectivity index (χ0n) is 18.9. The molecule has 35 heavy (non-hydrogen) atoms. The maximum absolute atomic E-state index is 13.2. The SMILES string of the molecule is CC(NC(=O)CC1(NC(=O)OCC2c3ccccc3-c3ccccc32)CCC1)(C(=O)O)C(F)(F)F. The molecule has 2 aromatic rings. The van der Waals surface area contributed by atoms with Gasteiger partial charge in [0, 0.05) is 12.3 Å². The lowest BCUT2D eigenvalue weighted by molar-refractivity contribution is -0.207. The maximum Gasteiger partial charge on any atom is 0.422 e. The Hall–Kier alpha value is -3.56. The van der Waals surface area contributed by atoms with Gasteiger partial charge in [-0.3, -0.25) is 4.79 Å². The Morgan fingerprint density at radius 3 is 2.03 bits per heavy atom. The number of ether oxygens (including phenoxy) is 1. The quantitative estimate of drug-likeness (QED) is 0.535. The number of carboxylic acids is 1. The molecular formula is C25H25F3N2O5. The number of rotatable bonds is 7. The fraction of sp³-hybridized carbons (Fsp3) is 0.400. The monoisotopic (exact) mass is 490 g/mol. The third-order valence-corrected chi connectivity index (χ3v) is 6.90. The lowest BCUT2D eigenvalue weighted by Crippen LogP contribution is -2.64. The van der Waals surface area contributed by atoms with Crippen molar-refractivity contribution in [2.45, 2.75) is 55.8 Å². The first-order valence-corrected chi connectivity index (χ1v) is 11.2. The summed E-state index contributed by atoms with van der Waals surface area (Å²) in [4.78, 5) is 36.2. The molecule has 2 aliphatic rings. The van der Waals surface area contributed by atoms with E-state index < -0.39 is 41.6 Å². The molecule has 4 rings (SSSR count). The average molecular weight is 490 g/mol. The molecule has 186 valence electrons. The number of halogens is 3. The first-order chi connectivity index (χ1) is 16.5. The van der Waals surface area contributed by atoms with Gasteiger partial charge in [-0.25, -0.2) is 9.59 Å². The summed E-state index contributed by atoms with van der Waals surface area (Å²) in [5.74, 6) is -3.51. The van der Waals surface area contributed by atoms with Crippen molar-refractivity contribution in [1.82, 2.24) is 10.6 Å². The van der Waals surface area contributed by atoms with Crippen LogP contribution in [0.5, 0.6) is 0 Å². The number of carboxylic acid groups (broad SMARTS) is 1. The lowest BCUT2D eigenvalue weighted by atomic mass is 9.74. The Kier molecular flexibility index (Phi) is 6.25. The van der Waals surface area contributed by atoms with E-state index in [4.69, 9.17) is 9.84 Å². The molecule has 0 saturated heterocycles. The summed E-state index contributed by atoms with van der Waals surface area (Å²) >= 11 is 0. The number of carbonyl (C=O) groups excluding carboxylic acids is 2. The highest BCUT2D eigenvalue weighted by atomic mass is 19.4. The molecule has 0 heterocycles. The van der Waals surface area contributed by atoms with Crippen LogP contribution in [0.3, 0.4) is 0 Å². The van der Waals surface area contributed by atoms with E-state index in [1.807, 2.05) is 48.5 Å². The molecule has 1 atom stereocenters. The summed E-state index contributed by atoms with van der Waals surface area (Å²) in [6.07, 6.45) is -5.08. The summed E-state index contributed by atoms with van der Waals surface area (Å²) in [5.41, 5.74) is -0.333. The summed E-state index contributed by atoms with van der Waals surface area (Å²) in [5, 5.41) is 13.2. The van der Waals surface area contributed by atoms with E-state index in [1.54, 1.807) is 5.32 Å². The van der Waals surface area contributed by atoms with Crippen LogP contribution in [0.4, 0.5) is 18.0 Å². The van der Waals surface area contributed by atoms with Crippen molar-refractivity contribution in [3.63, 3.8) is 0 Å². The molecule has 0 aromatic heterocycles. The zero-order valence-corrected chi connectivity index (χ0v) is 18.9. The number of hydrogen-bond acceptors (Lipinski definition) is 4. The van der Waals surface area contributed by atoms with E-state index in [-0.39, 0.29) is 12.5 Å². The van der Waals surface area contributed by atoms with Gasteiger partial charge in [-0.2, -0.15) is 13.2 Å². The topological polar surface area (TPSA) is 105 Å². The predicted octanol–water partition coefficient (Wildman–Crippen LogP) is 4.36. The third-order valence-electron chi connectivity index (χ3n) is 6.90. The van der Waals surface area contributed by atoms with Gasteiger partial charge in [-0.15, -0.1) is 0 Å². The molecule has 2 amide bonds. The highest BCUT2D eigenvalue weighted by Gasteiger charge is 2.59. The van der Waals surface area contributed by atoms with Gasteiger partial charge >= 0.3 is 18.2 Å². The van der Waals surface area contributed by atoms with Crippen molar-refractivity contribution in [2.24, 2.45) is 0 Å². The van der Waals surface area contributed by atoms with Crippen LogP contribution in [-0.2, 0) is 14.3 Å². The van der Waals surface area contributed by atoms with Crippen molar-refractivity contribution < 1.29 is 37.4 Å². The van der Waals surface area contributed by atoms with Crippen LogP contribution in [0.25, 0.3) is 11.1 Å². The van der Waals surface area contributed by atoms with Gasteiger partial charge in [0.15, 0.2) is 0 Å². The van der Waals surface area contributed by atoms with E-state index >= 15 is 0 Å². The second-order valence-corrected chi connectivity index (χ2v) is 9.24. The van der Waals surface area contributed by atoms with Gasteiger partial charge in [0.05, 0.1) is 5.54 Å². The molecular weight excluding hydrogens is 465 g/mol. The maximum atomic E-state index is 13.2. The summed E-state index contributed by atoms with van der Waals surface area (Å²) < 4.78 is 45.2. The average Bonchev–Trinajstić information content (AvgIpc) is 3.09. The van der Waals surface area contributed by atoms with Gasteiger partial charge in [0.25, 0.3) is 0 Å². The van der Waals surface area contributed by atoms with Crippen LogP contribution in [-0.4, -0.2) is 46.9 Å². The van der Waals surface area contributed by atoms with E-state index in [0.29, 0.717) is 26.2 Å². The first-order valence-electron chi connectivity index (χ1n) is 11.2. The number of amides is 2. The highest BCUT2D eigenvalue weighted by molar-refractivity contribution is 5.88. The van der Waals surface area contributed by atoms with Crippen molar-refractivity contribution in [2.75, 3.05) is 6.61 Å². The Labute approximate surface area is 199 Å². The minimum Gasteiger partial charge on any atom is -0.479 e. The molecule has 0 spiro atoms. The summed E-state index contributed by atoms with van der Waals surface area (Å²) in [6, 6.07) is 15.6. The van der Waals surface area contributed by atoms with Crippen LogP contribution >= 0.6 is 0 Å². The molecule has 3 N–H and O–H groups in total. The molecule has 0 bridgehead atoms. The smallest absolute Gasteiger partial charge is 0.422 e. The van der Waals surface area contributed by atoms with Crippen LogP contribution in [0.15, 0.2) is 48.5 Å². The fourth-order valence-electron chi connectivity index (χ4n) is 4.68. The number of fused-ring (bicyclic) bond motifs is 3. The number of carbonyl (C=O) groups is 3. The Morgan fingerprint density at radius 1 is 1.03 bits per heavy atom. The standard InChI is InChI=1S/C25H25F3N2O5/c1-23(21(32)33,25(26,27)28)29-20(31)13-24(11-6-12-24)30-22(34)35-14-19-17-9-4-2-7-15(17)16-8-3-5-10-18(16)19/h2-5,7-10,19H,6,11-14H2,1H3,(H,29,31)(H,30,34)(H,32,33). The number of alkyl carbamates (subject to hydrolysis) is 1. The van der Waals surface area contributed by atoms with Crippen molar-refractivity contribution in [3.05, 3.63) is 59.7 Å². The Morgan fingerprint density at radius 2 is 1.57 bits per heavy atom. The normalized spacial score (nSPS) is 17.8. The Balaban J connectivity index is 1.40. The molecule has 2 aliphatic carbocycles.